The summed E-state index contributed by atoms with van der Waals surface area (Å²) in [5.41, 5.74) is -0.886. The van der Waals surface area contributed by atoms with Gasteiger partial charge < -0.3 is 4.42 Å². The van der Waals surface area contributed by atoms with Gasteiger partial charge in [0.1, 0.15) is 5.76 Å². The first-order chi connectivity index (χ1) is 7.91. The minimum absolute atomic E-state index is 0.161. The highest BCUT2D eigenvalue weighted by atomic mass is 35.5. The molecular formula is C11H5Cl2F3O. The number of benzene rings is 1. The lowest BCUT2D eigenvalue weighted by Gasteiger charge is -2.13. The number of alkyl halides is 3. The highest BCUT2D eigenvalue weighted by molar-refractivity contribution is 6.37. The molecule has 0 bridgehead atoms. The van der Waals surface area contributed by atoms with E-state index in [2.05, 4.69) is 0 Å². The van der Waals surface area contributed by atoms with E-state index in [9.17, 15) is 13.2 Å². The molecule has 1 aromatic heterocycles. The second kappa shape index (κ2) is 4.27. The molecule has 0 spiro atoms. The fraction of sp³-hybridized carbons (Fsp3) is 0.0909. The van der Waals surface area contributed by atoms with Crippen LogP contribution in [0.2, 0.25) is 10.0 Å². The van der Waals surface area contributed by atoms with Gasteiger partial charge in [0.15, 0.2) is 0 Å². The highest BCUT2D eigenvalue weighted by Crippen LogP contribution is 2.43. The molecule has 1 aromatic carbocycles. The van der Waals surface area contributed by atoms with Crippen molar-refractivity contribution >= 4 is 23.2 Å². The fourth-order valence-electron chi connectivity index (χ4n) is 1.43. The molecule has 0 aliphatic rings. The van der Waals surface area contributed by atoms with Gasteiger partial charge in [-0.15, -0.1) is 0 Å². The lowest BCUT2D eigenvalue weighted by atomic mass is 10.1. The van der Waals surface area contributed by atoms with Gasteiger partial charge in [-0.1, -0.05) is 23.2 Å². The fourth-order valence-corrected chi connectivity index (χ4v) is 2.11. The van der Waals surface area contributed by atoms with Crippen molar-refractivity contribution in [3.05, 3.63) is 46.1 Å². The van der Waals surface area contributed by atoms with Crippen LogP contribution in [0, 0.1) is 0 Å². The van der Waals surface area contributed by atoms with Gasteiger partial charge in [-0.25, -0.2) is 0 Å². The molecule has 0 amide bonds. The summed E-state index contributed by atoms with van der Waals surface area (Å²) >= 11 is 11.2. The summed E-state index contributed by atoms with van der Waals surface area (Å²) in [5, 5.41) is -0.891. The molecule has 0 radical (unpaired) electrons. The Morgan fingerprint density at radius 1 is 1.06 bits per heavy atom. The molecule has 0 fully saturated rings. The van der Waals surface area contributed by atoms with Crippen LogP contribution < -0.4 is 0 Å². The molecule has 17 heavy (non-hydrogen) atoms. The minimum Gasteiger partial charge on any atom is -0.464 e. The second-order valence-electron chi connectivity index (χ2n) is 3.26. The van der Waals surface area contributed by atoms with E-state index < -0.39 is 21.8 Å². The Labute approximate surface area is 105 Å². The van der Waals surface area contributed by atoms with E-state index in [4.69, 9.17) is 27.6 Å². The molecule has 2 aromatic rings. The smallest absolute Gasteiger partial charge is 0.419 e. The van der Waals surface area contributed by atoms with Crippen LogP contribution in [-0.2, 0) is 6.18 Å². The van der Waals surface area contributed by atoms with Crippen LogP contribution >= 0.6 is 23.2 Å². The highest BCUT2D eigenvalue weighted by Gasteiger charge is 2.37. The largest absolute Gasteiger partial charge is 0.464 e. The third-order valence-electron chi connectivity index (χ3n) is 2.16. The molecule has 0 atom stereocenters. The van der Waals surface area contributed by atoms with E-state index in [-0.39, 0.29) is 11.3 Å². The molecule has 0 saturated heterocycles. The predicted molar refractivity (Wildman–Crippen MR) is 59.2 cm³/mol. The summed E-state index contributed by atoms with van der Waals surface area (Å²) in [6, 6.07) is 5.62. The second-order valence-corrected chi connectivity index (χ2v) is 4.04. The number of rotatable bonds is 1. The van der Waals surface area contributed by atoms with Crippen LogP contribution in [0.5, 0.6) is 0 Å². The first kappa shape index (κ1) is 12.3. The van der Waals surface area contributed by atoms with Gasteiger partial charge in [-0.05, 0) is 24.3 Å². The average molecular weight is 281 g/mol. The lowest BCUT2D eigenvalue weighted by Crippen LogP contribution is -2.07. The summed E-state index contributed by atoms with van der Waals surface area (Å²) in [4.78, 5) is 0. The third kappa shape index (κ3) is 2.28. The Morgan fingerprint density at radius 2 is 1.76 bits per heavy atom. The van der Waals surface area contributed by atoms with Crippen molar-refractivity contribution in [2.24, 2.45) is 0 Å². The number of furan rings is 1. The van der Waals surface area contributed by atoms with Crippen LogP contribution in [0.25, 0.3) is 11.3 Å². The number of halogens is 5. The van der Waals surface area contributed by atoms with Gasteiger partial charge in [0.05, 0.1) is 21.9 Å². The van der Waals surface area contributed by atoms with E-state index in [1.165, 1.54) is 18.4 Å². The Kier molecular flexibility index (Phi) is 3.10. The quantitative estimate of drug-likeness (QED) is 0.693. The van der Waals surface area contributed by atoms with Crippen molar-refractivity contribution in [2.75, 3.05) is 0 Å². The van der Waals surface area contributed by atoms with Crippen LogP contribution in [0.4, 0.5) is 13.2 Å². The van der Waals surface area contributed by atoms with Crippen molar-refractivity contribution in [3.8, 4) is 11.3 Å². The molecule has 2 rings (SSSR count). The molecule has 1 nitrogen and oxygen atoms in total. The molecule has 0 unspecified atom stereocenters. The third-order valence-corrected chi connectivity index (χ3v) is 2.87. The minimum atomic E-state index is -4.60. The van der Waals surface area contributed by atoms with Gasteiger partial charge in [-0.2, -0.15) is 13.2 Å². The van der Waals surface area contributed by atoms with Gasteiger partial charge in [0.2, 0.25) is 0 Å². The maximum absolute atomic E-state index is 12.7. The van der Waals surface area contributed by atoms with Crippen molar-refractivity contribution < 1.29 is 17.6 Å². The van der Waals surface area contributed by atoms with Crippen molar-refractivity contribution in [1.82, 2.24) is 0 Å². The molecule has 0 N–H and O–H groups in total. The normalized spacial score (nSPS) is 11.8. The summed E-state index contributed by atoms with van der Waals surface area (Å²) in [6.07, 6.45) is -3.25. The zero-order valence-corrected chi connectivity index (χ0v) is 9.70. The summed E-state index contributed by atoms with van der Waals surface area (Å²) in [7, 11) is 0. The van der Waals surface area contributed by atoms with Gasteiger partial charge in [-0.3, -0.25) is 0 Å². The number of hydrogen-bond acceptors (Lipinski definition) is 1. The summed E-state index contributed by atoms with van der Waals surface area (Å²) < 4.78 is 43.2. The predicted octanol–water partition coefficient (Wildman–Crippen LogP) is 5.27. The van der Waals surface area contributed by atoms with Crippen LogP contribution in [0.1, 0.15) is 5.56 Å². The average Bonchev–Trinajstić information content (AvgIpc) is 2.68. The molecule has 1 heterocycles. The summed E-state index contributed by atoms with van der Waals surface area (Å²) in [5.74, 6) is 0.261. The monoisotopic (exact) mass is 280 g/mol. The first-order valence-electron chi connectivity index (χ1n) is 4.50. The molecule has 6 heteroatoms. The molecular weight excluding hydrogens is 276 g/mol. The van der Waals surface area contributed by atoms with Crippen molar-refractivity contribution in [1.29, 1.82) is 0 Å². The zero-order valence-electron chi connectivity index (χ0n) is 8.18. The standard InChI is InChI=1S/C11H5Cl2F3O/c12-7-4-3-6(8-2-1-5-17-8)10(13)9(7)11(14,15)16/h1-5H. The summed E-state index contributed by atoms with van der Waals surface area (Å²) in [6.45, 7) is 0. The Bertz CT molecular complexity index is 532. The van der Waals surface area contributed by atoms with E-state index in [1.54, 1.807) is 6.07 Å². The van der Waals surface area contributed by atoms with E-state index >= 15 is 0 Å². The maximum Gasteiger partial charge on any atom is 0.419 e. The van der Waals surface area contributed by atoms with Crippen molar-refractivity contribution in [3.63, 3.8) is 0 Å². The molecule has 0 saturated carbocycles. The Morgan fingerprint density at radius 3 is 2.29 bits per heavy atom. The van der Waals surface area contributed by atoms with Crippen molar-refractivity contribution in [2.45, 2.75) is 6.18 Å². The number of hydrogen-bond donors (Lipinski definition) is 0. The van der Waals surface area contributed by atoms with Crippen LogP contribution in [0.3, 0.4) is 0 Å². The van der Waals surface area contributed by atoms with E-state index in [0.29, 0.717) is 0 Å². The van der Waals surface area contributed by atoms with Crippen LogP contribution in [0.15, 0.2) is 34.9 Å². The molecule has 0 aliphatic carbocycles. The van der Waals surface area contributed by atoms with Gasteiger partial charge in [0, 0.05) is 5.56 Å². The Balaban J connectivity index is 2.66. The van der Waals surface area contributed by atoms with E-state index in [1.807, 2.05) is 0 Å². The van der Waals surface area contributed by atoms with Crippen LogP contribution in [-0.4, -0.2) is 0 Å². The lowest BCUT2D eigenvalue weighted by molar-refractivity contribution is -0.137. The van der Waals surface area contributed by atoms with Gasteiger partial charge >= 0.3 is 6.18 Å². The Hall–Kier alpha value is -1.13. The first-order valence-corrected chi connectivity index (χ1v) is 5.26. The van der Waals surface area contributed by atoms with E-state index in [0.717, 1.165) is 6.07 Å². The zero-order chi connectivity index (χ0) is 12.6. The molecule has 0 aliphatic heterocycles. The maximum atomic E-state index is 12.7. The van der Waals surface area contributed by atoms with Gasteiger partial charge in [0.25, 0.3) is 0 Å². The SMILES string of the molecule is FC(F)(F)c1c(Cl)ccc(-c2ccco2)c1Cl. The topological polar surface area (TPSA) is 13.1 Å². The molecule has 90 valence electrons.